The molecule has 6 nitrogen and oxygen atoms in total. The van der Waals surface area contributed by atoms with Crippen molar-refractivity contribution < 1.29 is 5.11 Å². The zero-order chi connectivity index (χ0) is 10.2. The molecule has 0 bridgehead atoms. The van der Waals surface area contributed by atoms with Gasteiger partial charge in [0.15, 0.2) is 0 Å². The lowest BCUT2D eigenvalue weighted by Crippen LogP contribution is -2.26. The lowest BCUT2D eigenvalue weighted by atomic mass is 10.3. The van der Waals surface area contributed by atoms with Gasteiger partial charge >= 0.3 is 0 Å². The fraction of sp³-hybridized carbons (Fsp3) is 0.500. The summed E-state index contributed by atoms with van der Waals surface area (Å²) in [5.74, 6) is 1.04. The Kier molecular flexibility index (Phi) is 1.92. The fourth-order valence-corrected chi connectivity index (χ4v) is 1.29. The van der Waals surface area contributed by atoms with Gasteiger partial charge in [0.25, 0.3) is 0 Å². The summed E-state index contributed by atoms with van der Waals surface area (Å²) in [5, 5.41) is 12.2. The van der Waals surface area contributed by atoms with Gasteiger partial charge in [0.2, 0.25) is 5.95 Å². The van der Waals surface area contributed by atoms with Gasteiger partial charge in [-0.05, 0) is 12.8 Å². The number of aliphatic hydroxyl groups excluding tert-OH is 1. The average Bonchev–Trinajstić information content (AvgIpc) is 2.83. The molecular formula is C8H13N5O. The molecule has 0 radical (unpaired) electrons. The summed E-state index contributed by atoms with van der Waals surface area (Å²) >= 11 is 0. The third kappa shape index (κ3) is 1.69. The molecule has 1 aliphatic rings. The Bertz CT molecular complexity index is 329. The van der Waals surface area contributed by atoms with Crippen LogP contribution in [0.3, 0.4) is 0 Å². The highest BCUT2D eigenvalue weighted by atomic mass is 16.3. The van der Waals surface area contributed by atoms with Crippen LogP contribution in [-0.2, 0) is 0 Å². The van der Waals surface area contributed by atoms with E-state index in [0.717, 1.165) is 12.8 Å². The first kappa shape index (κ1) is 9.01. The lowest BCUT2D eigenvalue weighted by molar-refractivity contribution is 0.266. The minimum absolute atomic E-state index is 0.0941. The Balaban J connectivity index is 2.16. The summed E-state index contributed by atoms with van der Waals surface area (Å²) in [6, 6.07) is 1.60. The predicted octanol–water partition coefficient (Wildman–Crippen LogP) is -0.422. The molecule has 0 aromatic carbocycles. The van der Waals surface area contributed by atoms with Gasteiger partial charge < -0.3 is 21.9 Å². The smallest absolute Gasteiger partial charge is 0.223 e. The van der Waals surface area contributed by atoms with E-state index < -0.39 is 0 Å². The molecule has 0 saturated heterocycles. The summed E-state index contributed by atoms with van der Waals surface area (Å²) in [7, 11) is 0. The first-order valence-electron chi connectivity index (χ1n) is 4.43. The number of hydrogen-bond donors (Lipinski definition) is 4. The molecule has 76 valence electrons. The van der Waals surface area contributed by atoms with E-state index in [2.05, 4.69) is 15.3 Å². The maximum absolute atomic E-state index is 9.09. The Hall–Kier alpha value is -1.56. The van der Waals surface area contributed by atoms with Crippen molar-refractivity contribution in [3.05, 3.63) is 6.07 Å². The summed E-state index contributed by atoms with van der Waals surface area (Å²) in [6.45, 7) is 0.0941. The van der Waals surface area contributed by atoms with Crippen molar-refractivity contribution in [2.24, 2.45) is 0 Å². The highest BCUT2D eigenvalue weighted by molar-refractivity contribution is 5.50. The Morgan fingerprint density at radius 1 is 1.43 bits per heavy atom. The maximum atomic E-state index is 9.09. The number of aromatic nitrogens is 2. The molecule has 2 rings (SSSR count). The Labute approximate surface area is 81.3 Å². The molecule has 6 heteroatoms. The van der Waals surface area contributed by atoms with Gasteiger partial charge in [0.05, 0.1) is 12.1 Å². The second kappa shape index (κ2) is 2.98. The molecule has 0 amide bonds. The number of nitrogen functional groups attached to an aromatic ring is 2. The normalized spacial score (nSPS) is 17.8. The molecular weight excluding hydrogens is 182 g/mol. The molecule has 0 atom stereocenters. The van der Waals surface area contributed by atoms with E-state index in [9.17, 15) is 0 Å². The number of rotatable bonds is 3. The number of nitrogens with zero attached hydrogens (tertiary/aromatic N) is 2. The number of anilines is 3. The van der Waals surface area contributed by atoms with Crippen molar-refractivity contribution in [2.45, 2.75) is 18.4 Å². The Morgan fingerprint density at radius 2 is 2.14 bits per heavy atom. The minimum atomic E-state index is -0.215. The van der Waals surface area contributed by atoms with Crippen LogP contribution in [0.4, 0.5) is 17.6 Å². The molecule has 1 aromatic rings. The van der Waals surface area contributed by atoms with Crippen LogP contribution in [0.2, 0.25) is 0 Å². The standard InChI is InChI=1S/C8H13N5O/c9-5-3-6(12-7(10)11-5)13-8(4-14)1-2-8/h3,14H,1-2,4H2,(H5,9,10,11,12,13). The highest BCUT2D eigenvalue weighted by Crippen LogP contribution is 2.38. The zero-order valence-electron chi connectivity index (χ0n) is 7.70. The van der Waals surface area contributed by atoms with Crippen LogP contribution >= 0.6 is 0 Å². The predicted molar refractivity (Wildman–Crippen MR) is 53.5 cm³/mol. The second-order valence-electron chi connectivity index (χ2n) is 3.60. The van der Waals surface area contributed by atoms with Crippen molar-refractivity contribution in [1.82, 2.24) is 9.97 Å². The first-order valence-corrected chi connectivity index (χ1v) is 4.43. The Morgan fingerprint density at radius 3 is 2.64 bits per heavy atom. The molecule has 1 aliphatic carbocycles. The van der Waals surface area contributed by atoms with Gasteiger partial charge in [-0.2, -0.15) is 9.97 Å². The molecule has 1 fully saturated rings. The van der Waals surface area contributed by atoms with Gasteiger partial charge in [-0.1, -0.05) is 0 Å². The second-order valence-corrected chi connectivity index (χ2v) is 3.60. The SMILES string of the molecule is Nc1cc(NC2(CO)CC2)nc(N)n1. The molecule has 1 saturated carbocycles. The largest absolute Gasteiger partial charge is 0.394 e. The van der Waals surface area contributed by atoms with Gasteiger partial charge in [-0.25, -0.2) is 0 Å². The van der Waals surface area contributed by atoms with Crippen LogP contribution in [0.5, 0.6) is 0 Å². The van der Waals surface area contributed by atoms with E-state index in [0.29, 0.717) is 11.6 Å². The maximum Gasteiger partial charge on any atom is 0.223 e. The van der Waals surface area contributed by atoms with Crippen molar-refractivity contribution in [2.75, 3.05) is 23.4 Å². The minimum Gasteiger partial charge on any atom is -0.394 e. The fourth-order valence-electron chi connectivity index (χ4n) is 1.29. The molecule has 0 spiro atoms. The van der Waals surface area contributed by atoms with Crippen LogP contribution in [0.25, 0.3) is 0 Å². The summed E-state index contributed by atoms with van der Waals surface area (Å²) < 4.78 is 0. The topological polar surface area (TPSA) is 110 Å². The van der Waals surface area contributed by atoms with Crippen LogP contribution < -0.4 is 16.8 Å². The number of nitrogens with one attached hydrogen (secondary N) is 1. The van der Waals surface area contributed by atoms with E-state index in [-0.39, 0.29) is 18.1 Å². The third-order valence-corrected chi connectivity index (χ3v) is 2.31. The van der Waals surface area contributed by atoms with Crippen LogP contribution in [0.15, 0.2) is 6.07 Å². The van der Waals surface area contributed by atoms with Crippen molar-refractivity contribution in [3.8, 4) is 0 Å². The summed E-state index contributed by atoms with van der Waals surface area (Å²) in [5.41, 5.74) is 10.7. The molecule has 14 heavy (non-hydrogen) atoms. The van der Waals surface area contributed by atoms with E-state index in [4.69, 9.17) is 16.6 Å². The van der Waals surface area contributed by atoms with E-state index in [1.54, 1.807) is 6.07 Å². The summed E-state index contributed by atoms with van der Waals surface area (Å²) in [4.78, 5) is 7.72. The first-order chi connectivity index (χ1) is 6.63. The van der Waals surface area contributed by atoms with Crippen LogP contribution in [-0.4, -0.2) is 27.2 Å². The van der Waals surface area contributed by atoms with E-state index in [1.165, 1.54) is 0 Å². The van der Waals surface area contributed by atoms with Crippen molar-refractivity contribution in [1.29, 1.82) is 0 Å². The lowest BCUT2D eigenvalue weighted by Gasteiger charge is -2.14. The zero-order valence-corrected chi connectivity index (χ0v) is 7.70. The van der Waals surface area contributed by atoms with Gasteiger partial charge in [0.1, 0.15) is 11.6 Å². The van der Waals surface area contributed by atoms with Gasteiger partial charge in [0, 0.05) is 6.07 Å². The molecule has 1 aromatic heterocycles. The molecule has 0 unspecified atom stereocenters. The van der Waals surface area contributed by atoms with Gasteiger partial charge in [-0.15, -0.1) is 0 Å². The van der Waals surface area contributed by atoms with Gasteiger partial charge in [-0.3, -0.25) is 0 Å². The number of aliphatic hydroxyl groups is 1. The quantitative estimate of drug-likeness (QED) is 0.521. The van der Waals surface area contributed by atoms with E-state index in [1.807, 2.05) is 0 Å². The third-order valence-electron chi connectivity index (χ3n) is 2.31. The molecule has 0 aliphatic heterocycles. The number of nitrogens with two attached hydrogens (primary N) is 2. The average molecular weight is 195 g/mol. The molecule has 1 heterocycles. The van der Waals surface area contributed by atoms with Crippen molar-refractivity contribution in [3.63, 3.8) is 0 Å². The molecule has 6 N–H and O–H groups in total. The van der Waals surface area contributed by atoms with Crippen molar-refractivity contribution >= 4 is 17.6 Å². The monoisotopic (exact) mass is 195 g/mol. The number of hydrogen-bond acceptors (Lipinski definition) is 6. The van der Waals surface area contributed by atoms with Crippen LogP contribution in [0.1, 0.15) is 12.8 Å². The van der Waals surface area contributed by atoms with Crippen LogP contribution in [0, 0.1) is 0 Å². The highest BCUT2D eigenvalue weighted by Gasteiger charge is 2.42. The summed E-state index contributed by atoms with van der Waals surface area (Å²) in [6.07, 6.45) is 1.88. The van der Waals surface area contributed by atoms with E-state index >= 15 is 0 Å².